The van der Waals surface area contributed by atoms with Gasteiger partial charge in [-0.25, -0.2) is 0 Å². The van der Waals surface area contributed by atoms with Crippen LogP contribution in [0.2, 0.25) is 0 Å². The Morgan fingerprint density at radius 1 is 1.10 bits per heavy atom. The van der Waals surface area contributed by atoms with Crippen LogP contribution < -0.4 is 21.9 Å². The van der Waals surface area contributed by atoms with E-state index in [-0.39, 0.29) is 23.7 Å². The number of nitrogens with two attached hydrogens (primary N) is 1. The second kappa shape index (κ2) is 9.51. The first-order valence-electron chi connectivity index (χ1n) is 9.57. The number of aliphatic hydroxyl groups is 1. The van der Waals surface area contributed by atoms with E-state index in [1.807, 2.05) is 0 Å². The van der Waals surface area contributed by atoms with Gasteiger partial charge in [-0.3, -0.25) is 19.2 Å². The van der Waals surface area contributed by atoms with Crippen LogP contribution in [-0.2, 0) is 14.4 Å². The van der Waals surface area contributed by atoms with Gasteiger partial charge in [-0.05, 0) is 39.7 Å². The van der Waals surface area contributed by atoms with Crippen molar-refractivity contribution in [3.05, 3.63) is 39.8 Å². The van der Waals surface area contributed by atoms with E-state index in [0.29, 0.717) is 18.5 Å². The fourth-order valence-corrected chi connectivity index (χ4v) is 3.26. The number of hydrogen-bond donors (Lipinski definition) is 5. The summed E-state index contributed by atoms with van der Waals surface area (Å²) < 4.78 is 0. The normalized spacial score (nSPS) is 28.2. The van der Waals surface area contributed by atoms with Crippen LogP contribution in [0.25, 0.3) is 0 Å². The average Bonchev–Trinajstić information content (AvgIpc) is 2.62. The third kappa shape index (κ3) is 6.02. The van der Waals surface area contributed by atoms with Crippen LogP contribution in [0, 0.1) is 6.92 Å². The molecular weight excluding hydrogens is 376 g/mol. The first kappa shape index (κ1) is 22.4. The van der Waals surface area contributed by atoms with E-state index in [4.69, 9.17) is 5.73 Å². The van der Waals surface area contributed by atoms with Crippen molar-refractivity contribution in [3.8, 4) is 0 Å². The number of aliphatic hydroxyl groups excluding tert-OH is 1. The fraction of sp³-hybridized carbons (Fsp3) is 0.500. The average molecular weight is 404 g/mol. The lowest BCUT2D eigenvalue weighted by Gasteiger charge is -2.23. The number of aryl methyl sites for hydroxylation is 1. The molecule has 2 rings (SSSR count). The van der Waals surface area contributed by atoms with Crippen molar-refractivity contribution in [2.75, 3.05) is 5.73 Å². The molecule has 0 aromatic carbocycles. The Hall–Kier alpha value is -2.94. The number of nitrogen functional groups attached to an aromatic ring is 1. The van der Waals surface area contributed by atoms with E-state index in [2.05, 4.69) is 15.6 Å². The van der Waals surface area contributed by atoms with Crippen LogP contribution in [-0.4, -0.2) is 45.9 Å². The van der Waals surface area contributed by atoms with Gasteiger partial charge in [0.2, 0.25) is 11.8 Å². The third-order valence-corrected chi connectivity index (χ3v) is 4.90. The summed E-state index contributed by atoms with van der Waals surface area (Å²) in [6.45, 7) is 4.92. The summed E-state index contributed by atoms with van der Waals surface area (Å²) in [5.41, 5.74) is 6.18. The first-order valence-corrected chi connectivity index (χ1v) is 9.57. The Morgan fingerprint density at radius 3 is 2.45 bits per heavy atom. The molecule has 9 nitrogen and oxygen atoms in total. The summed E-state index contributed by atoms with van der Waals surface area (Å²) in [6.07, 6.45) is 2.15. The predicted molar refractivity (Wildman–Crippen MR) is 108 cm³/mol. The van der Waals surface area contributed by atoms with Gasteiger partial charge >= 0.3 is 0 Å². The number of carbonyl (C=O) groups is 3. The zero-order valence-electron chi connectivity index (χ0n) is 16.8. The number of rotatable bonds is 1. The molecule has 158 valence electrons. The number of ketones is 1. The monoisotopic (exact) mass is 404 g/mol. The van der Waals surface area contributed by atoms with Gasteiger partial charge in [0.05, 0.1) is 23.6 Å². The first-order chi connectivity index (χ1) is 13.6. The number of pyridine rings is 1. The molecule has 0 fully saturated rings. The van der Waals surface area contributed by atoms with Crippen LogP contribution in [0.5, 0.6) is 0 Å². The summed E-state index contributed by atoms with van der Waals surface area (Å²) in [5.74, 6) is -2.55. The Balaban J connectivity index is 2.43. The highest BCUT2D eigenvalue weighted by Crippen LogP contribution is 2.24. The van der Waals surface area contributed by atoms with E-state index in [0.717, 1.165) is 0 Å². The van der Waals surface area contributed by atoms with Gasteiger partial charge in [0.1, 0.15) is 0 Å². The smallest absolute Gasteiger partial charge is 0.254 e. The number of hydrogen-bond acceptors (Lipinski definition) is 6. The molecule has 0 aliphatic carbocycles. The van der Waals surface area contributed by atoms with E-state index in [9.17, 15) is 24.3 Å². The lowest BCUT2D eigenvalue weighted by Crippen LogP contribution is -2.43. The van der Waals surface area contributed by atoms with Crippen molar-refractivity contribution in [3.63, 3.8) is 0 Å². The highest BCUT2D eigenvalue weighted by Gasteiger charge is 2.31. The minimum Gasteiger partial charge on any atom is -0.398 e. The van der Waals surface area contributed by atoms with Gasteiger partial charge in [-0.15, -0.1) is 0 Å². The lowest BCUT2D eigenvalue weighted by atomic mass is 9.90. The van der Waals surface area contributed by atoms with Crippen LogP contribution in [0.4, 0.5) is 5.69 Å². The molecule has 9 heteroatoms. The SMILES string of the molecule is Cc1cc(N)c([C@@H]2CC(=O)[C@H](C)NC(=O)/C=C/[C@@H](O)CC[C@H](C)NC2=O)c(=O)[nH]1. The largest absolute Gasteiger partial charge is 0.398 e. The molecule has 0 radical (unpaired) electrons. The van der Waals surface area contributed by atoms with Crippen molar-refractivity contribution >= 4 is 23.3 Å². The number of amides is 2. The van der Waals surface area contributed by atoms with Crippen molar-refractivity contribution in [1.82, 2.24) is 15.6 Å². The highest BCUT2D eigenvalue weighted by atomic mass is 16.3. The molecule has 1 aliphatic heterocycles. The highest BCUT2D eigenvalue weighted by molar-refractivity contribution is 5.96. The lowest BCUT2D eigenvalue weighted by molar-refractivity contribution is -0.129. The molecule has 0 bridgehead atoms. The molecule has 0 spiro atoms. The van der Waals surface area contributed by atoms with Crippen molar-refractivity contribution in [1.29, 1.82) is 0 Å². The minimum atomic E-state index is -1.10. The molecule has 2 heterocycles. The molecule has 2 amide bonds. The molecule has 0 saturated carbocycles. The maximum Gasteiger partial charge on any atom is 0.254 e. The molecular formula is C20H28N4O5. The standard InChI is InChI=1S/C20H28N4O5/c1-10-4-5-13(25)6-7-17(27)24-12(3)16(26)9-14(19(28)22-10)18-15(21)8-11(2)23-20(18)29/h6-8,10,12-14,25H,4-5,9H2,1-3H3,(H,22,28)(H,24,27)(H3,21,23,29)/b7-6+/t10-,12-,13-,14-/m0/s1. The van der Waals surface area contributed by atoms with Crippen molar-refractivity contribution in [2.45, 2.75) is 64.1 Å². The summed E-state index contributed by atoms with van der Waals surface area (Å²) in [4.78, 5) is 52.7. The summed E-state index contributed by atoms with van der Waals surface area (Å²) in [5, 5.41) is 15.3. The number of carbonyl (C=O) groups excluding carboxylic acids is 3. The Labute approximate surface area is 168 Å². The zero-order valence-corrected chi connectivity index (χ0v) is 16.8. The van der Waals surface area contributed by atoms with E-state index in [1.54, 1.807) is 13.8 Å². The molecule has 1 aromatic rings. The number of nitrogens with one attached hydrogen (secondary N) is 3. The van der Waals surface area contributed by atoms with Crippen molar-refractivity contribution in [2.24, 2.45) is 0 Å². The van der Waals surface area contributed by atoms with Crippen LogP contribution in [0.1, 0.15) is 50.3 Å². The topological polar surface area (TPSA) is 154 Å². The van der Waals surface area contributed by atoms with Crippen LogP contribution in [0.15, 0.2) is 23.0 Å². The number of H-pyrrole nitrogens is 1. The minimum absolute atomic E-state index is 0.0270. The number of anilines is 1. The maximum atomic E-state index is 12.9. The Kier molecular flexibility index (Phi) is 7.33. The molecule has 4 atom stereocenters. The van der Waals surface area contributed by atoms with Gasteiger partial charge in [-0.2, -0.15) is 0 Å². The van der Waals surface area contributed by atoms with Gasteiger partial charge in [0.25, 0.3) is 5.56 Å². The van der Waals surface area contributed by atoms with Crippen LogP contribution in [0.3, 0.4) is 0 Å². The van der Waals surface area contributed by atoms with Gasteiger partial charge in [-0.1, -0.05) is 6.08 Å². The Bertz CT molecular complexity index is 876. The maximum absolute atomic E-state index is 12.9. The van der Waals surface area contributed by atoms with E-state index in [1.165, 1.54) is 25.1 Å². The zero-order chi connectivity index (χ0) is 21.7. The number of aromatic amines is 1. The van der Waals surface area contributed by atoms with Crippen molar-refractivity contribution < 1.29 is 19.5 Å². The quantitative estimate of drug-likeness (QED) is 0.445. The second-order valence-electron chi connectivity index (χ2n) is 7.52. The molecule has 0 unspecified atom stereocenters. The molecule has 1 aliphatic rings. The molecule has 29 heavy (non-hydrogen) atoms. The van der Waals surface area contributed by atoms with Gasteiger partial charge < -0.3 is 26.5 Å². The molecule has 0 saturated heterocycles. The van der Waals surface area contributed by atoms with Gasteiger partial charge in [0, 0.05) is 29.9 Å². The summed E-state index contributed by atoms with van der Waals surface area (Å²) in [6, 6.07) is 0.337. The number of aromatic nitrogens is 1. The summed E-state index contributed by atoms with van der Waals surface area (Å²) >= 11 is 0. The molecule has 1 aromatic heterocycles. The van der Waals surface area contributed by atoms with E-state index >= 15 is 0 Å². The fourth-order valence-electron chi connectivity index (χ4n) is 3.26. The summed E-state index contributed by atoms with van der Waals surface area (Å²) in [7, 11) is 0. The predicted octanol–water partition coefficient (Wildman–Crippen LogP) is 0.0286. The number of Topliss-reactive ketones (excluding diaryl/α,β-unsaturated/α-hetero) is 1. The van der Waals surface area contributed by atoms with Gasteiger partial charge in [0.15, 0.2) is 5.78 Å². The third-order valence-electron chi connectivity index (χ3n) is 4.90. The van der Waals surface area contributed by atoms with Crippen LogP contribution >= 0.6 is 0 Å². The molecule has 6 N–H and O–H groups in total. The Morgan fingerprint density at radius 2 is 1.79 bits per heavy atom. The van der Waals surface area contributed by atoms with E-state index < -0.39 is 41.2 Å². The second-order valence-corrected chi connectivity index (χ2v) is 7.52.